The summed E-state index contributed by atoms with van der Waals surface area (Å²) in [5.41, 5.74) is 2.09. The van der Waals surface area contributed by atoms with Crippen LogP contribution in [0.25, 0.3) is 0 Å². The summed E-state index contributed by atoms with van der Waals surface area (Å²) in [5, 5.41) is 4.53. The van der Waals surface area contributed by atoms with Crippen molar-refractivity contribution in [2.45, 2.75) is 45.3 Å². The molecule has 24 heavy (non-hydrogen) atoms. The normalized spacial score (nSPS) is 17.4. The zero-order chi connectivity index (χ0) is 18.1. The van der Waals surface area contributed by atoms with Gasteiger partial charge in [0.1, 0.15) is 6.42 Å². The Morgan fingerprint density at radius 3 is 2.25 bits per heavy atom. The molecule has 0 aliphatic carbocycles. The fourth-order valence-corrected chi connectivity index (χ4v) is 2.96. The van der Waals surface area contributed by atoms with E-state index < -0.39 is 18.5 Å². The second-order valence-electron chi connectivity index (χ2n) is 7.38. The average molecular weight is 346 g/mol. The first-order valence-electron chi connectivity index (χ1n) is 8.05. The van der Waals surface area contributed by atoms with Gasteiger partial charge in [-0.3, -0.25) is 14.4 Å². The van der Waals surface area contributed by atoms with E-state index in [1.165, 1.54) is 4.90 Å². The summed E-state index contributed by atoms with van der Waals surface area (Å²) < 4.78 is 38.7. The number of rotatable bonds is 3. The van der Waals surface area contributed by atoms with Crippen molar-refractivity contribution in [2.24, 2.45) is 7.05 Å². The van der Waals surface area contributed by atoms with Crippen LogP contribution in [0.5, 0.6) is 0 Å². The van der Waals surface area contributed by atoms with Gasteiger partial charge in [-0.2, -0.15) is 18.3 Å². The molecule has 0 bridgehead atoms. The van der Waals surface area contributed by atoms with Crippen molar-refractivity contribution in [3.05, 3.63) is 17.5 Å². The molecule has 1 aromatic heterocycles. The first kappa shape index (κ1) is 18.8. The molecule has 5 nitrogen and oxygen atoms in total. The first-order valence-corrected chi connectivity index (χ1v) is 8.05. The number of hydrogen-bond acceptors (Lipinski definition) is 3. The first-order chi connectivity index (χ1) is 11.0. The molecule has 1 aromatic rings. The minimum absolute atomic E-state index is 0.0684. The van der Waals surface area contributed by atoms with E-state index in [0.717, 1.165) is 11.3 Å². The zero-order valence-corrected chi connectivity index (χ0v) is 14.7. The second-order valence-corrected chi connectivity index (χ2v) is 7.38. The zero-order valence-electron chi connectivity index (χ0n) is 14.7. The molecule has 8 heteroatoms. The van der Waals surface area contributed by atoms with Gasteiger partial charge in [0.2, 0.25) is 5.91 Å². The van der Waals surface area contributed by atoms with E-state index in [4.69, 9.17) is 0 Å². The highest BCUT2D eigenvalue weighted by Crippen LogP contribution is 2.26. The maximum atomic E-state index is 12.3. The van der Waals surface area contributed by atoms with Gasteiger partial charge in [0.15, 0.2) is 0 Å². The molecule has 0 saturated carbocycles. The Balaban J connectivity index is 1.93. The van der Waals surface area contributed by atoms with Gasteiger partial charge in [-0.05, 0) is 0 Å². The van der Waals surface area contributed by atoms with Gasteiger partial charge in [-0.1, -0.05) is 20.8 Å². The van der Waals surface area contributed by atoms with Crippen LogP contribution in [0, 0.1) is 0 Å². The molecule has 1 saturated heterocycles. The lowest BCUT2D eigenvalue weighted by Gasteiger charge is -2.35. The summed E-state index contributed by atoms with van der Waals surface area (Å²) in [6.45, 7) is 8.82. The number of alkyl halides is 3. The van der Waals surface area contributed by atoms with Crippen LogP contribution in [0.2, 0.25) is 0 Å². The molecular formula is C16H25F3N4O. The molecule has 0 radical (unpaired) electrons. The lowest BCUT2D eigenvalue weighted by Crippen LogP contribution is -2.49. The Morgan fingerprint density at radius 1 is 1.17 bits per heavy atom. The van der Waals surface area contributed by atoms with Crippen LogP contribution in [0.4, 0.5) is 13.2 Å². The fraction of sp³-hybridized carbons (Fsp3) is 0.750. The Kier molecular flexibility index (Phi) is 5.27. The third kappa shape index (κ3) is 4.96. The van der Waals surface area contributed by atoms with Crippen LogP contribution >= 0.6 is 0 Å². The quantitative estimate of drug-likeness (QED) is 0.843. The predicted molar refractivity (Wildman–Crippen MR) is 84.4 cm³/mol. The molecule has 2 heterocycles. The largest absolute Gasteiger partial charge is 0.397 e. The standard InChI is InChI=1S/C16H25F3N4O/c1-15(2,3)14-12(10-21(4)20-14)11-22-5-7-23(8-6-22)13(24)9-16(17,18)19/h10H,5-9,11H2,1-4H3. The van der Waals surface area contributed by atoms with Crippen molar-refractivity contribution < 1.29 is 18.0 Å². The van der Waals surface area contributed by atoms with Crippen molar-refractivity contribution in [2.75, 3.05) is 26.2 Å². The monoisotopic (exact) mass is 346 g/mol. The SMILES string of the molecule is Cn1cc(CN2CCN(C(=O)CC(F)(F)F)CC2)c(C(C)(C)C)n1. The molecule has 0 spiro atoms. The van der Waals surface area contributed by atoms with Crippen LogP contribution in [0.3, 0.4) is 0 Å². The number of nitrogens with zero attached hydrogens (tertiary/aromatic N) is 4. The number of aryl methyl sites for hydroxylation is 1. The Labute approximate surface area is 140 Å². The molecule has 0 atom stereocenters. The molecule has 2 rings (SSSR count). The number of halogens is 3. The summed E-state index contributed by atoms with van der Waals surface area (Å²) >= 11 is 0. The minimum atomic E-state index is -4.44. The smallest absolute Gasteiger partial charge is 0.340 e. The Morgan fingerprint density at radius 2 is 1.75 bits per heavy atom. The van der Waals surface area contributed by atoms with Gasteiger partial charge in [0, 0.05) is 56.9 Å². The molecule has 1 fully saturated rings. The maximum absolute atomic E-state index is 12.3. The number of aromatic nitrogens is 2. The predicted octanol–water partition coefficient (Wildman–Crippen LogP) is 2.31. The molecule has 0 N–H and O–H groups in total. The molecule has 1 aliphatic rings. The third-order valence-electron chi connectivity index (χ3n) is 4.09. The summed E-state index contributed by atoms with van der Waals surface area (Å²) in [7, 11) is 1.88. The van der Waals surface area contributed by atoms with Gasteiger partial charge >= 0.3 is 6.18 Å². The van der Waals surface area contributed by atoms with Crippen LogP contribution in [-0.2, 0) is 23.8 Å². The number of amides is 1. The third-order valence-corrected chi connectivity index (χ3v) is 4.09. The number of carbonyl (C=O) groups is 1. The van der Waals surface area contributed by atoms with Crippen LogP contribution in [-0.4, -0.2) is 57.8 Å². The van der Waals surface area contributed by atoms with Gasteiger partial charge in [0.25, 0.3) is 0 Å². The van der Waals surface area contributed by atoms with Gasteiger partial charge in [-0.25, -0.2) is 0 Å². The number of carbonyl (C=O) groups excluding carboxylic acids is 1. The summed E-state index contributed by atoms with van der Waals surface area (Å²) in [4.78, 5) is 15.1. The van der Waals surface area contributed by atoms with Crippen molar-refractivity contribution in [3.8, 4) is 0 Å². The van der Waals surface area contributed by atoms with Gasteiger partial charge < -0.3 is 4.90 Å². The van der Waals surface area contributed by atoms with E-state index in [2.05, 4.69) is 30.8 Å². The lowest BCUT2D eigenvalue weighted by molar-refractivity contribution is -0.162. The molecular weight excluding hydrogens is 321 g/mol. The van der Waals surface area contributed by atoms with E-state index in [9.17, 15) is 18.0 Å². The molecule has 1 aliphatic heterocycles. The van der Waals surface area contributed by atoms with E-state index in [1.807, 2.05) is 13.2 Å². The maximum Gasteiger partial charge on any atom is 0.397 e. The Hall–Kier alpha value is -1.57. The molecule has 1 amide bonds. The van der Waals surface area contributed by atoms with Gasteiger partial charge in [0.05, 0.1) is 5.69 Å². The summed E-state index contributed by atoms with van der Waals surface area (Å²) in [6.07, 6.45) is -3.82. The second kappa shape index (κ2) is 6.74. The Bertz CT molecular complexity index is 581. The van der Waals surface area contributed by atoms with E-state index in [1.54, 1.807) is 4.68 Å². The average Bonchev–Trinajstić information content (AvgIpc) is 2.78. The van der Waals surface area contributed by atoms with Crippen molar-refractivity contribution in [1.82, 2.24) is 19.6 Å². The minimum Gasteiger partial charge on any atom is -0.340 e. The van der Waals surface area contributed by atoms with Crippen LogP contribution < -0.4 is 0 Å². The van der Waals surface area contributed by atoms with E-state index in [-0.39, 0.29) is 5.41 Å². The van der Waals surface area contributed by atoms with E-state index in [0.29, 0.717) is 32.7 Å². The highest BCUT2D eigenvalue weighted by molar-refractivity contribution is 5.76. The lowest BCUT2D eigenvalue weighted by atomic mass is 9.89. The highest BCUT2D eigenvalue weighted by atomic mass is 19.4. The molecule has 136 valence electrons. The van der Waals surface area contributed by atoms with Crippen molar-refractivity contribution in [1.29, 1.82) is 0 Å². The fourth-order valence-electron chi connectivity index (χ4n) is 2.96. The molecule has 0 aromatic carbocycles. The number of piperazine rings is 1. The van der Waals surface area contributed by atoms with Gasteiger partial charge in [-0.15, -0.1) is 0 Å². The topological polar surface area (TPSA) is 41.4 Å². The summed E-state index contributed by atoms with van der Waals surface area (Å²) in [5.74, 6) is -0.834. The highest BCUT2D eigenvalue weighted by Gasteiger charge is 2.34. The molecule has 0 unspecified atom stereocenters. The van der Waals surface area contributed by atoms with Crippen LogP contribution in [0.1, 0.15) is 38.4 Å². The van der Waals surface area contributed by atoms with Crippen LogP contribution in [0.15, 0.2) is 6.20 Å². The number of hydrogen-bond donors (Lipinski definition) is 0. The van der Waals surface area contributed by atoms with E-state index >= 15 is 0 Å². The van der Waals surface area contributed by atoms with Crippen molar-refractivity contribution in [3.63, 3.8) is 0 Å². The summed E-state index contributed by atoms with van der Waals surface area (Å²) in [6, 6.07) is 0. The van der Waals surface area contributed by atoms with Crippen molar-refractivity contribution >= 4 is 5.91 Å².